The van der Waals surface area contributed by atoms with Crippen LogP contribution in [0.25, 0.3) is 0 Å². The fourth-order valence-corrected chi connectivity index (χ4v) is 2.07. The molecule has 1 rings (SSSR count). The SMILES string of the molecule is CCN1CCN(C(C)(C)C)CC1C. The minimum absolute atomic E-state index is 0.341. The highest BCUT2D eigenvalue weighted by molar-refractivity contribution is 4.85. The first-order chi connectivity index (χ1) is 5.95. The third-order valence-corrected chi connectivity index (χ3v) is 3.12. The average Bonchev–Trinajstić information content (AvgIpc) is 2.02. The summed E-state index contributed by atoms with van der Waals surface area (Å²) in [5, 5.41) is 0. The Kier molecular flexibility index (Phi) is 3.36. The van der Waals surface area contributed by atoms with Crippen LogP contribution in [-0.4, -0.2) is 47.6 Å². The number of rotatable bonds is 1. The molecule has 0 bridgehead atoms. The first-order valence-corrected chi connectivity index (χ1v) is 5.44. The maximum atomic E-state index is 2.59. The zero-order chi connectivity index (χ0) is 10.1. The Hall–Kier alpha value is -0.0800. The van der Waals surface area contributed by atoms with E-state index in [0.717, 1.165) is 6.04 Å². The molecular formula is C11H24N2. The maximum absolute atomic E-state index is 2.59. The zero-order valence-corrected chi connectivity index (χ0v) is 9.80. The third kappa shape index (κ3) is 2.68. The van der Waals surface area contributed by atoms with Crippen molar-refractivity contribution in [3.63, 3.8) is 0 Å². The van der Waals surface area contributed by atoms with Crippen molar-refractivity contribution in [2.24, 2.45) is 0 Å². The summed E-state index contributed by atoms with van der Waals surface area (Å²) in [6.45, 7) is 16.4. The summed E-state index contributed by atoms with van der Waals surface area (Å²) < 4.78 is 0. The Morgan fingerprint density at radius 3 is 2.23 bits per heavy atom. The van der Waals surface area contributed by atoms with Crippen LogP contribution in [0.1, 0.15) is 34.6 Å². The van der Waals surface area contributed by atoms with E-state index in [1.165, 1.54) is 26.2 Å². The molecule has 0 amide bonds. The Balaban J connectivity index is 2.51. The van der Waals surface area contributed by atoms with E-state index < -0.39 is 0 Å². The molecule has 1 unspecified atom stereocenters. The van der Waals surface area contributed by atoms with Gasteiger partial charge < -0.3 is 0 Å². The van der Waals surface area contributed by atoms with Gasteiger partial charge in [-0.15, -0.1) is 0 Å². The third-order valence-electron chi connectivity index (χ3n) is 3.12. The molecule has 1 fully saturated rings. The Bertz CT molecular complexity index is 160. The van der Waals surface area contributed by atoms with Gasteiger partial charge >= 0.3 is 0 Å². The van der Waals surface area contributed by atoms with Gasteiger partial charge in [-0.1, -0.05) is 6.92 Å². The molecule has 2 nitrogen and oxygen atoms in total. The second-order valence-electron chi connectivity index (χ2n) is 5.09. The van der Waals surface area contributed by atoms with E-state index >= 15 is 0 Å². The van der Waals surface area contributed by atoms with Crippen molar-refractivity contribution < 1.29 is 0 Å². The fraction of sp³-hybridized carbons (Fsp3) is 1.00. The highest BCUT2D eigenvalue weighted by Gasteiger charge is 2.28. The Labute approximate surface area is 82.9 Å². The Morgan fingerprint density at radius 1 is 1.23 bits per heavy atom. The monoisotopic (exact) mass is 184 g/mol. The van der Waals surface area contributed by atoms with Gasteiger partial charge in [0, 0.05) is 31.2 Å². The summed E-state index contributed by atoms with van der Waals surface area (Å²) >= 11 is 0. The molecule has 1 aliphatic rings. The molecular weight excluding hydrogens is 160 g/mol. The summed E-state index contributed by atoms with van der Waals surface area (Å²) in [6, 6.07) is 0.720. The molecule has 0 N–H and O–H groups in total. The molecule has 1 saturated heterocycles. The van der Waals surface area contributed by atoms with E-state index in [4.69, 9.17) is 0 Å². The molecule has 0 aromatic heterocycles. The van der Waals surface area contributed by atoms with Crippen LogP contribution in [0, 0.1) is 0 Å². The normalized spacial score (nSPS) is 27.9. The highest BCUT2D eigenvalue weighted by Crippen LogP contribution is 2.18. The molecule has 1 aliphatic heterocycles. The Morgan fingerprint density at radius 2 is 1.85 bits per heavy atom. The molecule has 0 aromatic rings. The van der Waals surface area contributed by atoms with Crippen LogP contribution in [0.4, 0.5) is 0 Å². The van der Waals surface area contributed by atoms with Gasteiger partial charge in [0.1, 0.15) is 0 Å². The van der Waals surface area contributed by atoms with Gasteiger partial charge in [-0.2, -0.15) is 0 Å². The van der Waals surface area contributed by atoms with Gasteiger partial charge in [0.15, 0.2) is 0 Å². The lowest BCUT2D eigenvalue weighted by Crippen LogP contribution is -2.57. The van der Waals surface area contributed by atoms with E-state index in [0.29, 0.717) is 5.54 Å². The van der Waals surface area contributed by atoms with Crippen LogP contribution in [-0.2, 0) is 0 Å². The molecule has 0 saturated carbocycles. The highest BCUT2D eigenvalue weighted by atomic mass is 15.3. The summed E-state index contributed by atoms with van der Waals surface area (Å²) in [7, 11) is 0. The topological polar surface area (TPSA) is 6.48 Å². The van der Waals surface area contributed by atoms with Gasteiger partial charge in [-0.25, -0.2) is 0 Å². The van der Waals surface area contributed by atoms with E-state index in [1.807, 2.05) is 0 Å². The van der Waals surface area contributed by atoms with Crippen molar-refractivity contribution in [1.82, 2.24) is 9.80 Å². The van der Waals surface area contributed by atoms with E-state index in [-0.39, 0.29) is 0 Å². The van der Waals surface area contributed by atoms with Crippen LogP contribution >= 0.6 is 0 Å². The van der Waals surface area contributed by atoms with E-state index in [2.05, 4.69) is 44.4 Å². The van der Waals surface area contributed by atoms with E-state index in [1.54, 1.807) is 0 Å². The summed E-state index contributed by atoms with van der Waals surface area (Å²) in [5.74, 6) is 0. The lowest BCUT2D eigenvalue weighted by molar-refractivity contribution is 0.0312. The van der Waals surface area contributed by atoms with Crippen LogP contribution in [0.15, 0.2) is 0 Å². The first-order valence-electron chi connectivity index (χ1n) is 5.44. The predicted molar refractivity (Wildman–Crippen MR) is 58.0 cm³/mol. The number of piperazine rings is 1. The summed E-state index contributed by atoms with van der Waals surface area (Å²) in [6.07, 6.45) is 0. The van der Waals surface area contributed by atoms with Crippen LogP contribution < -0.4 is 0 Å². The van der Waals surface area contributed by atoms with Crippen molar-refractivity contribution >= 4 is 0 Å². The largest absolute Gasteiger partial charge is 0.298 e. The van der Waals surface area contributed by atoms with Crippen LogP contribution in [0.5, 0.6) is 0 Å². The van der Waals surface area contributed by atoms with Crippen molar-refractivity contribution in [3.05, 3.63) is 0 Å². The van der Waals surface area contributed by atoms with Crippen molar-refractivity contribution in [2.45, 2.75) is 46.2 Å². The number of hydrogen-bond acceptors (Lipinski definition) is 2. The molecule has 1 heterocycles. The van der Waals surface area contributed by atoms with Gasteiger partial charge in [-0.3, -0.25) is 9.80 Å². The summed E-state index contributed by atoms with van der Waals surface area (Å²) in [4.78, 5) is 5.14. The molecule has 0 spiro atoms. The minimum Gasteiger partial charge on any atom is -0.298 e. The summed E-state index contributed by atoms with van der Waals surface area (Å²) in [5.41, 5.74) is 0.341. The standard InChI is InChI=1S/C11H24N2/c1-6-12-7-8-13(9-10(12)2)11(3,4)5/h10H,6-9H2,1-5H3. The van der Waals surface area contributed by atoms with Gasteiger partial charge in [-0.05, 0) is 34.2 Å². The van der Waals surface area contributed by atoms with Crippen molar-refractivity contribution in [1.29, 1.82) is 0 Å². The van der Waals surface area contributed by atoms with Gasteiger partial charge in [0.2, 0.25) is 0 Å². The zero-order valence-electron chi connectivity index (χ0n) is 9.80. The lowest BCUT2D eigenvalue weighted by Gasteiger charge is -2.45. The number of nitrogens with zero attached hydrogens (tertiary/aromatic N) is 2. The average molecular weight is 184 g/mol. The molecule has 0 radical (unpaired) electrons. The molecule has 0 aromatic carbocycles. The smallest absolute Gasteiger partial charge is 0.0195 e. The van der Waals surface area contributed by atoms with Crippen molar-refractivity contribution in [3.8, 4) is 0 Å². The van der Waals surface area contributed by atoms with Crippen LogP contribution in [0.2, 0.25) is 0 Å². The lowest BCUT2D eigenvalue weighted by atomic mass is 10.0. The van der Waals surface area contributed by atoms with Crippen molar-refractivity contribution in [2.75, 3.05) is 26.2 Å². The quantitative estimate of drug-likeness (QED) is 0.613. The van der Waals surface area contributed by atoms with Crippen LogP contribution in [0.3, 0.4) is 0 Å². The van der Waals surface area contributed by atoms with E-state index in [9.17, 15) is 0 Å². The molecule has 13 heavy (non-hydrogen) atoms. The van der Waals surface area contributed by atoms with Gasteiger partial charge in [0.25, 0.3) is 0 Å². The fourth-order valence-electron chi connectivity index (χ4n) is 2.07. The predicted octanol–water partition coefficient (Wildman–Crippen LogP) is 1.81. The molecule has 2 heteroatoms. The number of hydrogen-bond donors (Lipinski definition) is 0. The number of likely N-dealkylation sites (N-methyl/N-ethyl adjacent to an activating group) is 1. The maximum Gasteiger partial charge on any atom is 0.0195 e. The first kappa shape index (κ1) is 11.0. The van der Waals surface area contributed by atoms with Gasteiger partial charge in [0.05, 0.1) is 0 Å². The minimum atomic E-state index is 0.341. The molecule has 1 atom stereocenters. The molecule has 78 valence electrons. The second kappa shape index (κ2) is 3.97. The second-order valence-corrected chi connectivity index (χ2v) is 5.09. The molecule has 0 aliphatic carbocycles.